The highest BCUT2D eigenvalue weighted by Crippen LogP contribution is 2.65. The minimum absolute atomic E-state index is 0.0453. The van der Waals surface area contributed by atoms with Gasteiger partial charge in [0.2, 0.25) is 0 Å². The van der Waals surface area contributed by atoms with E-state index in [1.54, 1.807) is 0 Å². The smallest absolute Gasteiger partial charge is 0.175 e. The summed E-state index contributed by atoms with van der Waals surface area (Å²) in [6.45, 7) is 2.50. The molecule has 1 spiro atoms. The minimum Gasteiger partial charge on any atom is -0.376 e. The molecule has 0 aromatic carbocycles. The fourth-order valence-electron chi connectivity index (χ4n) is 3.32. The third-order valence-corrected chi connectivity index (χ3v) is 4.18. The lowest BCUT2D eigenvalue weighted by Crippen LogP contribution is -2.60. The van der Waals surface area contributed by atoms with E-state index in [0.717, 1.165) is 32.1 Å². The molecule has 0 N–H and O–H groups in total. The quantitative estimate of drug-likeness (QED) is 0.694. The Kier molecular flexibility index (Phi) is 2.44. The Morgan fingerprint density at radius 3 is 2.33 bits per heavy atom. The third-order valence-electron chi connectivity index (χ3n) is 4.18. The molecule has 0 aromatic rings. The largest absolute Gasteiger partial charge is 0.376 e. The molecule has 0 amide bonds. The second kappa shape index (κ2) is 3.51. The summed E-state index contributed by atoms with van der Waals surface area (Å²) in [5.41, 5.74) is -0.907. The molecule has 0 aromatic heterocycles. The van der Waals surface area contributed by atoms with Crippen LogP contribution in [0.15, 0.2) is 0 Å². The monoisotopic (exact) mass is 204 g/mol. The van der Waals surface area contributed by atoms with Gasteiger partial charge in [0.15, 0.2) is 5.41 Å². The van der Waals surface area contributed by atoms with E-state index in [1.807, 2.05) is 6.92 Å². The van der Waals surface area contributed by atoms with Crippen LogP contribution in [-0.2, 0) is 4.74 Å². The normalized spacial score (nSPS) is 30.5. The first-order valence-electron chi connectivity index (χ1n) is 5.69. The van der Waals surface area contributed by atoms with Crippen LogP contribution in [0.3, 0.4) is 0 Å². The molecule has 2 rings (SSSR count). The van der Waals surface area contributed by atoms with Crippen molar-refractivity contribution >= 4 is 0 Å². The van der Waals surface area contributed by atoms with Crippen molar-refractivity contribution in [3.8, 4) is 12.1 Å². The van der Waals surface area contributed by atoms with Crippen LogP contribution in [0.2, 0.25) is 0 Å². The first-order chi connectivity index (χ1) is 7.24. The molecule has 1 atom stereocenters. The molecule has 2 saturated carbocycles. The molecule has 80 valence electrons. The van der Waals surface area contributed by atoms with Crippen LogP contribution in [0.5, 0.6) is 0 Å². The van der Waals surface area contributed by atoms with Gasteiger partial charge in [-0.3, -0.25) is 0 Å². The fraction of sp³-hybridized carbons (Fsp3) is 0.833. The van der Waals surface area contributed by atoms with Gasteiger partial charge in [0.05, 0.1) is 18.2 Å². The lowest BCUT2D eigenvalue weighted by molar-refractivity contribution is -0.151. The molecule has 0 unspecified atom stereocenters. The predicted molar refractivity (Wildman–Crippen MR) is 54.6 cm³/mol. The zero-order valence-corrected chi connectivity index (χ0v) is 9.12. The first-order valence-corrected chi connectivity index (χ1v) is 5.69. The summed E-state index contributed by atoms with van der Waals surface area (Å²) in [5.74, 6) is 0. The molecule has 3 nitrogen and oxygen atoms in total. The summed E-state index contributed by atoms with van der Waals surface area (Å²) in [5, 5.41) is 18.6. The SMILES string of the molecule is CCO[C@@H]1CC2(CCCC2)C1(C#N)C#N. The molecule has 0 aliphatic heterocycles. The highest BCUT2D eigenvalue weighted by Gasteiger charge is 2.68. The van der Waals surface area contributed by atoms with E-state index in [2.05, 4.69) is 12.1 Å². The highest BCUT2D eigenvalue weighted by molar-refractivity contribution is 5.32. The van der Waals surface area contributed by atoms with E-state index < -0.39 is 5.41 Å². The van der Waals surface area contributed by atoms with Gasteiger partial charge in [0.25, 0.3) is 0 Å². The minimum atomic E-state index is -0.862. The molecule has 3 heteroatoms. The van der Waals surface area contributed by atoms with Gasteiger partial charge in [-0.1, -0.05) is 12.8 Å². The van der Waals surface area contributed by atoms with Crippen LogP contribution in [0.25, 0.3) is 0 Å². The Bertz CT molecular complexity index is 317. The van der Waals surface area contributed by atoms with Crippen molar-refractivity contribution in [2.45, 2.75) is 45.1 Å². The van der Waals surface area contributed by atoms with Crippen LogP contribution in [-0.4, -0.2) is 12.7 Å². The van der Waals surface area contributed by atoms with Gasteiger partial charge in [-0.2, -0.15) is 10.5 Å². The second-order valence-corrected chi connectivity index (χ2v) is 4.67. The molecule has 2 aliphatic rings. The molecule has 0 radical (unpaired) electrons. The van der Waals surface area contributed by atoms with E-state index in [-0.39, 0.29) is 11.5 Å². The average Bonchev–Trinajstić information content (AvgIpc) is 2.71. The van der Waals surface area contributed by atoms with Gasteiger partial charge >= 0.3 is 0 Å². The van der Waals surface area contributed by atoms with Gasteiger partial charge in [-0.25, -0.2) is 0 Å². The lowest BCUT2D eigenvalue weighted by atomic mass is 9.47. The number of hydrogen-bond donors (Lipinski definition) is 0. The Labute approximate surface area is 90.6 Å². The number of ether oxygens (including phenoxy) is 1. The number of rotatable bonds is 2. The van der Waals surface area contributed by atoms with Gasteiger partial charge in [0.1, 0.15) is 0 Å². The number of nitrogens with zero attached hydrogens (tertiary/aromatic N) is 2. The molecule has 2 fully saturated rings. The van der Waals surface area contributed by atoms with Gasteiger partial charge in [-0.05, 0) is 26.2 Å². The predicted octanol–water partition coefficient (Wildman–Crippen LogP) is 2.39. The van der Waals surface area contributed by atoms with Crippen molar-refractivity contribution in [3.05, 3.63) is 0 Å². The maximum absolute atomic E-state index is 9.31. The Hall–Kier alpha value is -1.06. The van der Waals surface area contributed by atoms with Crippen molar-refractivity contribution < 1.29 is 4.74 Å². The van der Waals surface area contributed by atoms with Crippen molar-refractivity contribution in [2.75, 3.05) is 6.61 Å². The number of nitriles is 2. The summed E-state index contributed by atoms with van der Waals surface area (Å²) < 4.78 is 5.52. The lowest BCUT2D eigenvalue weighted by Gasteiger charge is -2.55. The molecule has 15 heavy (non-hydrogen) atoms. The van der Waals surface area contributed by atoms with Gasteiger partial charge in [-0.15, -0.1) is 0 Å². The summed E-state index contributed by atoms with van der Waals surface area (Å²) in [6.07, 6.45) is 5.11. The van der Waals surface area contributed by atoms with E-state index >= 15 is 0 Å². The van der Waals surface area contributed by atoms with Crippen LogP contribution >= 0.6 is 0 Å². The first kappa shape index (κ1) is 10.5. The summed E-state index contributed by atoms with van der Waals surface area (Å²) in [7, 11) is 0. The van der Waals surface area contributed by atoms with Gasteiger partial charge in [0, 0.05) is 12.0 Å². The van der Waals surface area contributed by atoms with E-state index in [4.69, 9.17) is 4.74 Å². The maximum atomic E-state index is 9.31. The Morgan fingerprint density at radius 2 is 1.87 bits per heavy atom. The molecule has 0 saturated heterocycles. The zero-order chi connectivity index (χ0) is 10.9. The molecule has 0 heterocycles. The van der Waals surface area contributed by atoms with E-state index in [0.29, 0.717) is 6.61 Å². The Balaban J connectivity index is 2.26. The van der Waals surface area contributed by atoms with Crippen LogP contribution in [0.1, 0.15) is 39.0 Å². The van der Waals surface area contributed by atoms with Gasteiger partial charge < -0.3 is 4.74 Å². The second-order valence-electron chi connectivity index (χ2n) is 4.67. The molecule has 2 aliphatic carbocycles. The van der Waals surface area contributed by atoms with E-state index in [9.17, 15) is 10.5 Å². The Morgan fingerprint density at radius 1 is 1.27 bits per heavy atom. The zero-order valence-electron chi connectivity index (χ0n) is 9.12. The van der Waals surface area contributed by atoms with Crippen molar-refractivity contribution in [2.24, 2.45) is 10.8 Å². The average molecular weight is 204 g/mol. The van der Waals surface area contributed by atoms with Crippen molar-refractivity contribution in [1.82, 2.24) is 0 Å². The standard InChI is InChI=1S/C12H16N2O/c1-2-15-10-7-11(5-3-4-6-11)12(10,8-13)9-14/h10H,2-7H2,1H3/t10-/m1/s1. The summed E-state index contributed by atoms with van der Waals surface area (Å²) >= 11 is 0. The molecular formula is C12H16N2O. The van der Waals surface area contributed by atoms with Crippen LogP contribution in [0.4, 0.5) is 0 Å². The van der Waals surface area contributed by atoms with Crippen molar-refractivity contribution in [3.63, 3.8) is 0 Å². The summed E-state index contributed by atoms with van der Waals surface area (Å²) in [6, 6.07) is 4.49. The maximum Gasteiger partial charge on any atom is 0.175 e. The van der Waals surface area contributed by atoms with E-state index in [1.165, 1.54) is 0 Å². The fourth-order valence-corrected chi connectivity index (χ4v) is 3.32. The van der Waals surface area contributed by atoms with Crippen LogP contribution < -0.4 is 0 Å². The summed E-state index contributed by atoms with van der Waals surface area (Å²) in [4.78, 5) is 0. The third kappa shape index (κ3) is 1.13. The van der Waals surface area contributed by atoms with Crippen molar-refractivity contribution in [1.29, 1.82) is 10.5 Å². The number of hydrogen-bond acceptors (Lipinski definition) is 3. The van der Waals surface area contributed by atoms with Crippen LogP contribution in [0, 0.1) is 33.5 Å². The molecule has 0 bridgehead atoms. The highest BCUT2D eigenvalue weighted by atomic mass is 16.5. The topological polar surface area (TPSA) is 56.8 Å². The molecular weight excluding hydrogens is 188 g/mol.